The summed E-state index contributed by atoms with van der Waals surface area (Å²) in [5, 5.41) is 14.7. The summed E-state index contributed by atoms with van der Waals surface area (Å²) in [5.74, 6) is -1.20. The first-order valence-electron chi connectivity index (χ1n) is 10.4. The smallest absolute Gasteiger partial charge is 0.267 e. The van der Waals surface area contributed by atoms with Gasteiger partial charge in [-0.05, 0) is 46.9 Å². The van der Waals surface area contributed by atoms with E-state index in [0.29, 0.717) is 5.56 Å². The highest BCUT2D eigenvalue weighted by Crippen LogP contribution is 2.20. The molecule has 1 atom stereocenters. The third-order valence-electron chi connectivity index (χ3n) is 5.31. The van der Waals surface area contributed by atoms with Crippen molar-refractivity contribution in [3.8, 4) is 11.1 Å². The lowest BCUT2D eigenvalue weighted by atomic mass is 10.0. The molecule has 0 aromatic heterocycles. The van der Waals surface area contributed by atoms with Gasteiger partial charge < -0.3 is 16.4 Å². The average Bonchev–Trinajstić information content (AvgIpc) is 2.83. The lowest BCUT2D eigenvalue weighted by molar-refractivity contribution is -0.130. The van der Waals surface area contributed by atoms with Crippen LogP contribution in [0.5, 0.6) is 0 Å². The zero-order valence-corrected chi connectivity index (χ0v) is 18.0. The molecule has 32 heavy (non-hydrogen) atoms. The number of hydrogen-bond donors (Lipinski definition) is 5. The normalized spacial score (nSPS) is 11.6. The van der Waals surface area contributed by atoms with E-state index in [9.17, 15) is 9.59 Å². The molecule has 3 rings (SSSR count). The summed E-state index contributed by atoms with van der Waals surface area (Å²) in [6.07, 6.45) is 0. The highest BCUT2D eigenvalue weighted by Gasteiger charge is 2.19. The number of carbonyl (C=O) groups excluding carboxylic acids is 2. The minimum atomic E-state index is -1.00. The van der Waals surface area contributed by atoms with E-state index in [1.54, 1.807) is 12.1 Å². The number of nitrogens with one attached hydrogen (secondary N) is 3. The molecule has 0 unspecified atom stereocenters. The van der Waals surface area contributed by atoms with Gasteiger partial charge in [-0.15, -0.1) is 0 Å². The Hall–Kier alpha value is -3.52. The van der Waals surface area contributed by atoms with Crippen molar-refractivity contribution < 1.29 is 14.8 Å². The molecule has 0 bridgehead atoms. The van der Waals surface area contributed by atoms with Crippen LogP contribution in [0.15, 0.2) is 72.8 Å². The number of amides is 2. The van der Waals surface area contributed by atoms with E-state index < -0.39 is 17.9 Å². The van der Waals surface area contributed by atoms with Crippen molar-refractivity contribution in [2.75, 3.05) is 6.54 Å². The molecule has 3 aromatic carbocycles. The van der Waals surface area contributed by atoms with E-state index in [-0.39, 0.29) is 6.54 Å². The Morgan fingerprint density at radius 2 is 1.53 bits per heavy atom. The molecule has 2 amide bonds. The number of hydroxylamine groups is 1. The van der Waals surface area contributed by atoms with Crippen LogP contribution in [0.3, 0.4) is 0 Å². The van der Waals surface area contributed by atoms with Crippen LogP contribution in [0.25, 0.3) is 11.1 Å². The van der Waals surface area contributed by atoms with Gasteiger partial charge in [-0.25, -0.2) is 5.48 Å². The van der Waals surface area contributed by atoms with Crippen LogP contribution < -0.4 is 21.8 Å². The summed E-state index contributed by atoms with van der Waals surface area (Å²) in [6, 6.07) is 22.7. The van der Waals surface area contributed by atoms with E-state index >= 15 is 0 Å². The number of rotatable bonds is 9. The molecule has 0 aliphatic rings. The fourth-order valence-electron chi connectivity index (χ4n) is 3.33. The third-order valence-corrected chi connectivity index (χ3v) is 5.31. The van der Waals surface area contributed by atoms with Crippen LogP contribution in [0.4, 0.5) is 0 Å². The largest absolute Gasteiger partial charge is 0.339 e. The standard InChI is InChI=1S/C25H28N4O3/c1-17-4-2-3-5-22(17)16-27-15-18-6-8-19(9-7-18)20-10-12-21(13-11-20)24(30)28-23(14-26)25(31)29-32/h2-13,23,27,32H,14-16,26H2,1H3,(H,28,30)(H,29,31)/t23-/m0/s1. The van der Waals surface area contributed by atoms with Gasteiger partial charge in [-0.2, -0.15) is 0 Å². The third kappa shape index (κ3) is 6.01. The number of aryl methyl sites for hydroxylation is 1. The van der Waals surface area contributed by atoms with E-state index in [0.717, 1.165) is 24.2 Å². The molecule has 3 aromatic rings. The minimum Gasteiger partial charge on any atom is -0.339 e. The van der Waals surface area contributed by atoms with Crippen LogP contribution in [0.1, 0.15) is 27.0 Å². The second-order valence-electron chi connectivity index (χ2n) is 7.54. The Morgan fingerprint density at radius 1 is 0.906 bits per heavy atom. The molecule has 0 fully saturated rings. The molecular formula is C25H28N4O3. The molecular weight excluding hydrogens is 404 g/mol. The van der Waals surface area contributed by atoms with Crippen LogP contribution in [-0.2, 0) is 17.9 Å². The van der Waals surface area contributed by atoms with Crippen molar-refractivity contribution in [1.82, 2.24) is 16.1 Å². The van der Waals surface area contributed by atoms with E-state index in [1.807, 2.05) is 18.2 Å². The van der Waals surface area contributed by atoms with Gasteiger partial charge in [0.2, 0.25) is 0 Å². The summed E-state index contributed by atoms with van der Waals surface area (Å²) < 4.78 is 0. The molecule has 166 valence electrons. The lowest BCUT2D eigenvalue weighted by Crippen LogP contribution is -2.50. The second-order valence-corrected chi connectivity index (χ2v) is 7.54. The monoisotopic (exact) mass is 432 g/mol. The van der Waals surface area contributed by atoms with Crippen molar-refractivity contribution in [1.29, 1.82) is 0 Å². The summed E-state index contributed by atoms with van der Waals surface area (Å²) in [7, 11) is 0. The van der Waals surface area contributed by atoms with Crippen LogP contribution in [0.2, 0.25) is 0 Å². The topological polar surface area (TPSA) is 116 Å². The lowest BCUT2D eigenvalue weighted by Gasteiger charge is -2.14. The van der Waals surface area contributed by atoms with Gasteiger partial charge in [0.25, 0.3) is 11.8 Å². The first-order chi connectivity index (χ1) is 15.5. The molecule has 0 aliphatic carbocycles. The SMILES string of the molecule is Cc1ccccc1CNCc1ccc(-c2ccc(C(=O)N[C@@H](CN)C(=O)NO)cc2)cc1. The second kappa shape index (κ2) is 11.2. The van der Waals surface area contributed by atoms with Gasteiger partial charge in [-0.1, -0.05) is 60.7 Å². The maximum atomic E-state index is 12.3. The van der Waals surface area contributed by atoms with E-state index in [1.165, 1.54) is 22.2 Å². The number of carbonyl (C=O) groups is 2. The summed E-state index contributed by atoms with van der Waals surface area (Å²) in [4.78, 5) is 23.8. The summed E-state index contributed by atoms with van der Waals surface area (Å²) in [6.45, 7) is 3.59. The van der Waals surface area contributed by atoms with Crippen LogP contribution >= 0.6 is 0 Å². The van der Waals surface area contributed by atoms with Gasteiger partial charge in [-0.3, -0.25) is 14.8 Å². The fraction of sp³-hybridized carbons (Fsp3) is 0.200. The molecule has 0 saturated carbocycles. The Morgan fingerprint density at radius 3 is 2.12 bits per heavy atom. The van der Waals surface area contributed by atoms with Gasteiger partial charge >= 0.3 is 0 Å². The summed E-state index contributed by atoms with van der Waals surface area (Å²) in [5.41, 5.74) is 13.1. The van der Waals surface area contributed by atoms with Gasteiger partial charge in [0.15, 0.2) is 0 Å². The maximum Gasteiger partial charge on any atom is 0.267 e. The first-order valence-corrected chi connectivity index (χ1v) is 10.4. The van der Waals surface area contributed by atoms with Gasteiger partial charge in [0, 0.05) is 25.2 Å². The molecule has 7 nitrogen and oxygen atoms in total. The fourth-order valence-corrected chi connectivity index (χ4v) is 3.33. The van der Waals surface area contributed by atoms with Crippen LogP contribution in [-0.4, -0.2) is 29.6 Å². The molecule has 0 saturated heterocycles. The highest BCUT2D eigenvalue weighted by molar-refractivity contribution is 5.97. The summed E-state index contributed by atoms with van der Waals surface area (Å²) >= 11 is 0. The van der Waals surface area contributed by atoms with E-state index in [4.69, 9.17) is 10.9 Å². The molecule has 0 aliphatic heterocycles. The molecule has 0 radical (unpaired) electrons. The maximum absolute atomic E-state index is 12.3. The van der Waals surface area contributed by atoms with Gasteiger partial charge in [0.05, 0.1) is 0 Å². The number of benzene rings is 3. The number of hydrogen-bond acceptors (Lipinski definition) is 5. The molecule has 0 spiro atoms. The Balaban J connectivity index is 1.57. The Bertz CT molecular complexity index is 1050. The van der Waals surface area contributed by atoms with E-state index in [2.05, 4.69) is 60.0 Å². The predicted molar refractivity (Wildman–Crippen MR) is 124 cm³/mol. The zero-order chi connectivity index (χ0) is 22.9. The van der Waals surface area contributed by atoms with Gasteiger partial charge in [0.1, 0.15) is 6.04 Å². The highest BCUT2D eigenvalue weighted by atomic mass is 16.5. The predicted octanol–water partition coefficient (Wildman–Crippen LogP) is 2.51. The number of nitrogens with two attached hydrogens (primary N) is 1. The molecule has 0 heterocycles. The van der Waals surface area contributed by atoms with Crippen molar-refractivity contribution in [3.05, 3.63) is 95.1 Å². The molecule has 6 N–H and O–H groups in total. The van der Waals surface area contributed by atoms with Crippen molar-refractivity contribution >= 4 is 11.8 Å². The Labute approximate surface area is 187 Å². The van der Waals surface area contributed by atoms with Crippen molar-refractivity contribution in [3.63, 3.8) is 0 Å². The minimum absolute atomic E-state index is 0.123. The quantitative estimate of drug-likeness (QED) is 0.263. The van der Waals surface area contributed by atoms with Crippen LogP contribution in [0, 0.1) is 6.92 Å². The first kappa shape index (κ1) is 23.1. The van der Waals surface area contributed by atoms with Crippen molar-refractivity contribution in [2.45, 2.75) is 26.1 Å². The Kier molecular flexibility index (Phi) is 8.10. The van der Waals surface area contributed by atoms with Crippen molar-refractivity contribution in [2.24, 2.45) is 5.73 Å². The molecule has 7 heteroatoms. The zero-order valence-electron chi connectivity index (χ0n) is 18.0. The average molecular weight is 433 g/mol.